The topological polar surface area (TPSA) is 127 Å². The van der Waals surface area contributed by atoms with Crippen molar-refractivity contribution in [2.24, 2.45) is 16.5 Å². The SMILES string of the molecule is Cc1cc(-n2cc3cc(C(C)SS)[nH]c3nc2=O)ccc1CNCCCN=C(N)N. The third-order valence-electron chi connectivity index (χ3n) is 4.85. The van der Waals surface area contributed by atoms with Crippen molar-refractivity contribution in [3.63, 3.8) is 0 Å². The van der Waals surface area contributed by atoms with Crippen molar-refractivity contribution in [2.45, 2.75) is 32.1 Å². The van der Waals surface area contributed by atoms with Gasteiger partial charge >= 0.3 is 5.69 Å². The zero-order chi connectivity index (χ0) is 21.7. The molecule has 0 aliphatic heterocycles. The normalized spacial score (nSPS) is 12.2. The molecule has 0 saturated heterocycles. The van der Waals surface area contributed by atoms with Crippen LogP contribution >= 0.6 is 22.5 Å². The molecule has 0 saturated carbocycles. The maximum Gasteiger partial charge on any atom is 0.354 e. The van der Waals surface area contributed by atoms with Gasteiger partial charge in [0.2, 0.25) is 0 Å². The van der Waals surface area contributed by atoms with Crippen molar-refractivity contribution in [1.29, 1.82) is 0 Å². The van der Waals surface area contributed by atoms with E-state index in [9.17, 15) is 4.79 Å². The zero-order valence-corrected chi connectivity index (χ0v) is 18.8. The summed E-state index contributed by atoms with van der Waals surface area (Å²) >= 11 is 4.26. The second-order valence-electron chi connectivity index (χ2n) is 7.12. The van der Waals surface area contributed by atoms with Gasteiger partial charge in [-0.25, -0.2) is 4.79 Å². The number of aromatic amines is 1. The largest absolute Gasteiger partial charge is 0.370 e. The van der Waals surface area contributed by atoms with E-state index in [1.165, 1.54) is 16.4 Å². The van der Waals surface area contributed by atoms with Crippen LogP contribution in [0.1, 0.15) is 35.4 Å². The Balaban J connectivity index is 1.74. The number of thiol groups is 1. The van der Waals surface area contributed by atoms with Crippen LogP contribution in [0.4, 0.5) is 0 Å². The number of H-pyrrole nitrogens is 1. The Hall–Kier alpha value is -2.43. The molecule has 6 N–H and O–H groups in total. The lowest BCUT2D eigenvalue weighted by Crippen LogP contribution is -2.23. The Kier molecular flexibility index (Phi) is 7.46. The molecule has 3 aromatic rings. The third kappa shape index (κ3) is 5.38. The van der Waals surface area contributed by atoms with E-state index in [0.717, 1.165) is 41.8 Å². The molecule has 0 spiro atoms. The molecular weight excluding hydrogens is 418 g/mol. The lowest BCUT2D eigenvalue weighted by atomic mass is 10.1. The van der Waals surface area contributed by atoms with Crippen LogP contribution in [0.3, 0.4) is 0 Å². The van der Waals surface area contributed by atoms with Gasteiger partial charge in [0, 0.05) is 30.4 Å². The van der Waals surface area contributed by atoms with Crippen LogP contribution in [-0.2, 0) is 6.54 Å². The Morgan fingerprint density at radius 2 is 2.20 bits per heavy atom. The van der Waals surface area contributed by atoms with Gasteiger partial charge in [0.25, 0.3) is 0 Å². The van der Waals surface area contributed by atoms with Gasteiger partial charge in [-0.1, -0.05) is 16.9 Å². The first-order valence-electron chi connectivity index (χ1n) is 9.67. The summed E-state index contributed by atoms with van der Waals surface area (Å²) in [6.45, 7) is 6.25. The van der Waals surface area contributed by atoms with Crippen molar-refractivity contribution in [1.82, 2.24) is 19.9 Å². The molecule has 2 heterocycles. The number of fused-ring (bicyclic) bond motifs is 1. The minimum atomic E-state index is -0.313. The summed E-state index contributed by atoms with van der Waals surface area (Å²) in [4.78, 5) is 23.9. The van der Waals surface area contributed by atoms with Gasteiger partial charge in [-0.3, -0.25) is 9.56 Å². The maximum absolute atomic E-state index is 12.6. The molecule has 1 atom stereocenters. The fourth-order valence-electron chi connectivity index (χ4n) is 3.14. The molecule has 160 valence electrons. The van der Waals surface area contributed by atoms with E-state index < -0.39 is 0 Å². The van der Waals surface area contributed by atoms with Crippen molar-refractivity contribution >= 4 is 39.4 Å². The van der Waals surface area contributed by atoms with Crippen LogP contribution in [0.25, 0.3) is 16.7 Å². The van der Waals surface area contributed by atoms with Crippen LogP contribution in [-0.4, -0.2) is 33.6 Å². The van der Waals surface area contributed by atoms with Crippen molar-refractivity contribution in [2.75, 3.05) is 13.1 Å². The first-order chi connectivity index (χ1) is 14.4. The minimum Gasteiger partial charge on any atom is -0.370 e. The van der Waals surface area contributed by atoms with Crippen LogP contribution in [0, 0.1) is 6.92 Å². The van der Waals surface area contributed by atoms with E-state index in [4.69, 9.17) is 11.5 Å². The molecule has 0 amide bonds. The van der Waals surface area contributed by atoms with E-state index in [1.807, 2.05) is 44.3 Å². The quantitative estimate of drug-likeness (QED) is 0.113. The number of aromatic nitrogens is 3. The molecule has 3 rings (SSSR count). The molecule has 30 heavy (non-hydrogen) atoms. The highest BCUT2D eigenvalue weighted by atomic mass is 33.1. The Bertz CT molecular complexity index is 1100. The monoisotopic (exact) mass is 445 g/mol. The summed E-state index contributed by atoms with van der Waals surface area (Å²) < 4.78 is 1.58. The van der Waals surface area contributed by atoms with E-state index in [0.29, 0.717) is 12.2 Å². The van der Waals surface area contributed by atoms with E-state index in [2.05, 4.69) is 31.9 Å². The van der Waals surface area contributed by atoms with Crippen molar-refractivity contribution in [3.8, 4) is 5.69 Å². The smallest absolute Gasteiger partial charge is 0.354 e. The molecule has 10 heteroatoms. The Morgan fingerprint density at radius 3 is 2.90 bits per heavy atom. The summed E-state index contributed by atoms with van der Waals surface area (Å²) in [6, 6.07) is 8.00. The molecule has 0 aliphatic carbocycles. The van der Waals surface area contributed by atoms with E-state index in [-0.39, 0.29) is 16.9 Å². The molecule has 2 aromatic heterocycles. The van der Waals surface area contributed by atoms with Crippen molar-refractivity contribution in [3.05, 3.63) is 57.8 Å². The summed E-state index contributed by atoms with van der Waals surface area (Å²) in [5.74, 6) is 0.121. The zero-order valence-electron chi connectivity index (χ0n) is 17.1. The van der Waals surface area contributed by atoms with Crippen LogP contribution < -0.4 is 22.5 Å². The number of hydrogen-bond acceptors (Lipinski definition) is 6. The highest BCUT2D eigenvalue weighted by Gasteiger charge is 2.12. The van der Waals surface area contributed by atoms with Gasteiger partial charge in [0.05, 0.1) is 10.9 Å². The number of rotatable bonds is 9. The lowest BCUT2D eigenvalue weighted by molar-refractivity contribution is 0.654. The van der Waals surface area contributed by atoms with Gasteiger partial charge in [-0.2, -0.15) is 4.98 Å². The molecule has 0 radical (unpaired) electrons. The fraction of sp³-hybridized carbons (Fsp3) is 0.350. The predicted octanol–water partition coefficient (Wildman–Crippen LogP) is 2.41. The van der Waals surface area contributed by atoms with Crippen molar-refractivity contribution < 1.29 is 0 Å². The van der Waals surface area contributed by atoms with Gasteiger partial charge in [0.15, 0.2) is 5.96 Å². The van der Waals surface area contributed by atoms with Gasteiger partial charge < -0.3 is 21.8 Å². The number of hydrogen-bond donors (Lipinski definition) is 5. The number of benzene rings is 1. The average molecular weight is 446 g/mol. The predicted molar refractivity (Wildman–Crippen MR) is 128 cm³/mol. The second kappa shape index (κ2) is 10.1. The van der Waals surface area contributed by atoms with Gasteiger partial charge in [-0.15, -0.1) is 11.7 Å². The molecule has 8 nitrogen and oxygen atoms in total. The maximum atomic E-state index is 12.6. The molecule has 1 aromatic carbocycles. The number of aliphatic imine (C=N–C) groups is 1. The van der Waals surface area contributed by atoms with E-state index >= 15 is 0 Å². The lowest BCUT2D eigenvalue weighted by Gasteiger charge is -2.11. The number of nitrogens with one attached hydrogen (secondary N) is 2. The molecular formula is C20H27N7OS2. The minimum absolute atomic E-state index is 0.121. The van der Waals surface area contributed by atoms with Gasteiger partial charge in [0.1, 0.15) is 5.65 Å². The third-order valence-corrected chi connectivity index (χ3v) is 6.37. The van der Waals surface area contributed by atoms with Crippen LogP contribution in [0.5, 0.6) is 0 Å². The standard InChI is InChI=1S/C20H27N7OS2/c1-12-8-16(5-4-14(12)10-23-6-3-7-24-19(21)22)27-11-15-9-17(13(2)30-29)25-18(15)26-20(27)28/h4-5,8-9,11,13,23,29H,3,6-7,10H2,1-2H3,(H4,21,22,24)(H,25,26,28). The molecule has 0 aliphatic rings. The molecule has 1 unspecified atom stereocenters. The summed E-state index contributed by atoms with van der Waals surface area (Å²) in [6.07, 6.45) is 2.69. The first-order valence-corrected chi connectivity index (χ1v) is 11.6. The summed E-state index contributed by atoms with van der Waals surface area (Å²) in [5.41, 5.74) is 15.0. The number of nitrogens with two attached hydrogens (primary N) is 2. The highest BCUT2D eigenvalue weighted by molar-refractivity contribution is 8.68. The van der Waals surface area contributed by atoms with Gasteiger partial charge in [-0.05, 0) is 56.1 Å². The Morgan fingerprint density at radius 1 is 1.40 bits per heavy atom. The average Bonchev–Trinajstić information content (AvgIpc) is 3.12. The number of aryl methyl sites for hydroxylation is 1. The summed E-state index contributed by atoms with van der Waals surface area (Å²) in [7, 11) is 1.44. The van der Waals surface area contributed by atoms with E-state index in [1.54, 1.807) is 4.57 Å². The highest BCUT2D eigenvalue weighted by Crippen LogP contribution is 2.31. The first kappa shape index (κ1) is 22.3. The van der Waals surface area contributed by atoms with Crippen LogP contribution in [0.15, 0.2) is 40.2 Å². The second-order valence-corrected chi connectivity index (χ2v) is 8.67. The summed E-state index contributed by atoms with van der Waals surface area (Å²) in [5, 5.41) is 4.46. The number of nitrogens with zero attached hydrogens (tertiary/aromatic N) is 3. The molecule has 0 fully saturated rings. The fourth-order valence-corrected chi connectivity index (χ4v) is 3.72. The molecule has 0 bridgehead atoms. The number of guanidine groups is 1. The Labute approximate surface area is 184 Å². The van der Waals surface area contributed by atoms with Crippen LogP contribution in [0.2, 0.25) is 0 Å².